The normalized spacial score (nSPS) is 29.0. The zero-order valence-corrected chi connectivity index (χ0v) is 8.89. The van der Waals surface area contributed by atoms with Crippen LogP contribution in [0.5, 0.6) is 0 Å². The van der Waals surface area contributed by atoms with Gasteiger partial charge in [0.2, 0.25) is 0 Å². The van der Waals surface area contributed by atoms with E-state index in [2.05, 4.69) is 12.2 Å². The molecule has 1 N–H and O–H groups in total. The van der Waals surface area contributed by atoms with Crippen molar-refractivity contribution in [2.45, 2.75) is 27.2 Å². The topological polar surface area (TPSA) is 21.3 Å². The van der Waals surface area contributed by atoms with E-state index in [0.717, 1.165) is 25.0 Å². The van der Waals surface area contributed by atoms with Gasteiger partial charge in [-0.2, -0.15) is 0 Å². The Morgan fingerprint density at radius 3 is 2.58 bits per heavy atom. The number of nitrogens with one attached hydrogen (secondary N) is 1. The van der Waals surface area contributed by atoms with Crippen molar-refractivity contribution in [3.05, 3.63) is 0 Å². The fraction of sp³-hybridized carbons (Fsp3) is 1.00. The molecule has 0 amide bonds. The van der Waals surface area contributed by atoms with Crippen LogP contribution in [0.1, 0.15) is 27.2 Å². The highest BCUT2D eigenvalue weighted by Gasteiger charge is 2.19. The molecule has 1 saturated heterocycles. The Kier molecular flexibility index (Phi) is 7.51. The molecule has 1 rings (SSSR count). The molecule has 2 atom stereocenters. The van der Waals surface area contributed by atoms with Gasteiger partial charge in [0.25, 0.3) is 0 Å². The van der Waals surface area contributed by atoms with Crippen molar-refractivity contribution in [1.29, 1.82) is 0 Å². The van der Waals surface area contributed by atoms with Crippen LogP contribution in [0.15, 0.2) is 0 Å². The Morgan fingerprint density at radius 1 is 1.42 bits per heavy atom. The summed E-state index contributed by atoms with van der Waals surface area (Å²) in [5.74, 6) is 1.57. The van der Waals surface area contributed by atoms with Crippen LogP contribution >= 0.6 is 0 Å². The van der Waals surface area contributed by atoms with Crippen LogP contribution in [-0.4, -0.2) is 26.8 Å². The summed E-state index contributed by atoms with van der Waals surface area (Å²) in [6, 6.07) is 0. The number of methoxy groups -OCH3 is 1. The maximum atomic E-state index is 5.12. The van der Waals surface area contributed by atoms with E-state index < -0.39 is 0 Å². The molecular weight excluding hydrogens is 150 g/mol. The Hall–Kier alpha value is -0.0800. The lowest BCUT2D eigenvalue weighted by Gasteiger charge is -2.28. The van der Waals surface area contributed by atoms with Crippen LogP contribution in [-0.2, 0) is 4.74 Å². The van der Waals surface area contributed by atoms with E-state index >= 15 is 0 Å². The molecule has 1 heterocycles. The molecule has 0 aromatic carbocycles. The Bertz CT molecular complexity index is 93.8. The summed E-state index contributed by atoms with van der Waals surface area (Å²) in [4.78, 5) is 0. The number of piperidine rings is 1. The van der Waals surface area contributed by atoms with Gasteiger partial charge in [-0.05, 0) is 31.3 Å². The molecule has 0 aromatic rings. The smallest absolute Gasteiger partial charge is 0.0493 e. The van der Waals surface area contributed by atoms with Gasteiger partial charge in [-0.25, -0.2) is 0 Å². The van der Waals surface area contributed by atoms with E-state index in [9.17, 15) is 0 Å². The number of hydrogen-bond donors (Lipinski definition) is 1. The molecule has 0 aromatic heterocycles. The third-order valence-corrected chi connectivity index (χ3v) is 2.34. The van der Waals surface area contributed by atoms with Crippen molar-refractivity contribution in [1.82, 2.24) is 5.32 Å². The van der Waals surface area contributed by atoms with E-state index in [1.807, 2.05) is 13.8 Å². The largest absolute Gasteiger partial charge is 0.384 e. The lowest BCUT2D eigenvalue weighted by Crippen LogP contribution is -2.36. The van der Waals surface area contributed by atoms with E-state index in [0.29, 0.717) is 0 Å². The minimum atomic E-state index is 0.784. The number of ether oxygens (including phenoxy) is 1. The van der Waals surface area contributed by atoms with Gasteiger partial charge in [0.05, 0.1) is 0 Å². The van der Waals surface area contributed by atoms with Gasteiger partial charge < -0.3 is 10.1 Å². The second kappa shape index (κ2) is 7.56. The van der Waals surface area contributed by atoms with Gasteiger partial charge in [0.15, 0.2) is 0 Å². The summed E-state index contributed by atoms with van der Waals surface area (Å²) < 4.78 is 5.12. The quantitative estimate of drug-likeness (QED) is 0.688. The lowest BCUT2D eigenvalue weighted by molar-refractivity contribution is 0.107. The summed E-state index contributed by atoms with van der Waals surface area (Å²) in [6.07, 6.45) is 1.27. The number of rotatable bonds is 2. The van der Waals surface area contributed by atoms with Crippen molar-refractivity contribution in [2.24, 2.45) is 11.8 Å². The Labute approximate surface area is 76.7 Å². The maximum Gasteiger partial charge on any atom is 0.0493 e. The maximum absolute atomic E-state index is 5.12. The summed E-state index contributed by atoms with van der Waals surface area (Å²) >= 11 is 0. The average molecular weight is 173 g/mol. The molecular formula is C10H23NO. The molecule has 0 radical (unpaired) electrons. The van der Waals surface area contributed by atoms with Crippen LogP contribution in [0.2, 0.25) is 0 Å². The fourth-order valence-corrected chi connectivity index (χ4v) is 1.53. The second-order valence-corrected chi connectivity index (χ2v) is 3.19. The molecule has 2 unspecified atom stereocenters. The van der Waals surface area contributed by atoms with Crippen molar-refractivity contribution < 1.29 is 4.74 Å². The van der Waals surface area contributed by atoms with E-state index in [1.165, 1.54) is 13.0 Å². The van der Waals surface area contributed by atoms with Crippen LogP contribution in [0.4, 0.5) is 0 Å². The molecule has 1 aliphatic rings. The van der Waals surface area contributed by atoms with Crippen molar-refractivity contribution in [3.8, 4) is 0 Å². The first-order valence-corrected chi connectivity index (χ1v) is 5.04. The second-order valence-electron chi connectivity index (χ2n) is 3.19. The van der Waals surface area contributed by atoms with E-state index in [4.69, 9.17) is 4.74 Å². The van der Waals surface area contributed by atoms with Crippen LogP contribution in [0, 0.1) is 11.8 Å². The van der Waals surface area contributed by atoms with Gasteiger partial charge in [0.1, 0.15) is 0 Å². The SMILES string of the molecule is CC.COCC1CCNCC1C. The lowest BCUT2D eigenvalue weighted by atomic mass is 9.89. The molecule has 0 spiro atoms. The molecule has 0 aliphatic carbocycles. The standard InChI is InChI=1S/C8H17NO.C2H6/c1-7-5-9-4-3-8(7)6-10-2;1-2/h7-9H,3-6H2,1-2H3;1-2H3. The van der Waals surface area contributed by atoms with Crippen LogP contribution in [0.3, 0.4) is 0 Å². The molecule has 0 bridgehead atoms. The molecule has 2 heteroatoms. The predicted molar refractivity (Wildman–Crippen MR) is 53.4 cm³/mol. The van der Waals surface area contributed by atoms with Gasteiger partial charge in [-0.15, -0.1) is 0 Å². The third kappa shape index (κ3) is 4.07. The molecule has 1 fully saturated rings. The number of hydrogen-bond acceptors (Lipinski definition) is 2. The highest BCUT2D eigenvalue weighted by Crippen LogP contribution is 2.17. The minimum absolute atomic E-state index is 0.784. The molecule has 2 nitrogen and oxygen atoms in total. The summed E-state index contributed by atoms with van der Waals surface area (Å²) in [6.45, 7) is 9.55. The average Bonchev–Trinajstić information content (AvgIpc) is 2.13. The van der Waals surface area contributed by atoms with Gasteiger partial charge in [-0.1, -0.05) is 20.8 Å². The van der Waals surface area contributed by atoms with Crippen molar-refractivity contribution >= 4 is 0 Å². The molecule has 12 heavy (non-hydrogen) atoms. The molecule has 74 valence electrons. The van der Waals surface area contributed by atoms with E-state index in [1.54, 1.807) is 7.11 Å². The summed E-state index contributed by atoms with van der Waals surface area (Å²) in [5, 5.41) is 3.37. The highest BCUT2D eigenvalue weighted by molar-refractivity contribution is 4.74. The van der Waals surface area contributed by atoms with Gasteiger partial charge >= 0.3 is 0 Å². The van der Waals surface area contributed by atoms with Crippen molar-refractivity contribution in [2.75, 3.05) is 26.8 Å². The predicted octanol–water partition coefficient (Wildman–Crippen LogP) is 1.90. The monoisotopic (exact) mass is 173 g/mol. The first-order chi connectivity index (χ1) is 5.84. The first-order valence-electron chi connectivity index (χ1n) is 5.04. The Morgan fingerprint density at radius 2 is 2.08 bits per heavy atom. The zero-order chi connectivity index (χ0) is 9.40. The van der Waals surface area contributed by atoms with Crippen LogP contribution < -0.4 is 5.32 Å². The van der Waals surface area contributed by atoms with Crippen molar-refractivity contribution in [3.63, 3.8) is 0 Å². The summed E-state index contributed by atoms with van der Waals surface area (Å²) in [5.41, 5.74) is 0. The minimum Gasteiger partial charge on any atom is -0.384 e. The highest BCUT2D eigenvalue weighted by atomic mass is 16.5. The fourth-order valence-electron chi connectivity index (χ4n) is 1.53. The first kappa shape index (κ1) is 11.9. The zero-order valence-electron chi connectivity index (χ0n) is 8.89. The molecule has 0 saturated carbocycles. The Balaban J connectivity index is 0.000000561. The van der Waals surface area contributed by atoms with Crippen LogP contribution in [0.25, 0.3) is 0 Å². The molecule has 1 aliphatic heterocycles. The third-order valence-electron chi connectivity index (χ3n) is 2.34. The van der Waals surface area contributed by atoms with Gasteiger partial charge in [-0.3, -0.25) is 0 Å². The van der Waals surface area contributed by atoms with Gasteiger partial charge in [0, 0.05) is 13.7 Å². The van der Waals surface area contributed by atoms with E-state index in [-0.39, 0.29) is 0 Å². The summed E-state index contributed by atoms with van der Waals surface area (Å²) in [7, 11) is 1.79.